The Bertz CT molecular complexity index is 3990. The van der Waals surface area contributed by atoms with Gasteiger partial charge < -0.3 is 14.2 Å². The van der Waals surface area contributed by atoms with Gasteiger partial charge >= 0.3 is 0 Å². The average molecular weight is 1040 g/mol. The molecular weight excluding hydrogens is 969 g/mol. The Labute approximate surface area is 473 Å². The molecule has 1 aromatic heterocycles. The van der Waals surface area contributed by atoms with Gasteiger partial charge in [0.1, 0.15) is 5.75 Å². The molecule has 1 aliphatic carbocycles. The van der Waals surface area contributed by atoms with Gasteiger partial charge in [0.05, 0.1) is 17.6 Å². The summed E-state index contributed by atoms with van der Waals surface area (Å²) in [5.74, 6) is 1.73. The zero-order chi connectivity index (χ0) is 55.0. The highest BCUT2D eigenvalue weighted by molar-refractivity contribution is 6.11. The van der Waals surface area contributed by atoms with Crippen molar-refractivity contribution in [3.8, 4) is 44.8 Å². The second-order valence-corrected chi connectivity index (χ2v) is 23.3. The van der Waals surface area contributed by atoms with Gasteiger partial charge in [-0.2, -0.15) is 0 Å². The van der Waals surface area contributed by atoms with Gasteiger partial charge in [0.25, 0.3) is 0 Å². The maximum Gasteiger partial charge on any atom is 0.119 e. The van der Waals surface area contributed by atoms with Gasteiger partial charge in [0, 0.05) is 38.9 Å². The Morgan fingerprint density at radius 3 is 1.61 bits per heavy atom. The monoisotopic (exact) mass is 1040 g/mol. The van der Waals surface area contributed by atoms with Gasteiger partial charge in [-0.3, -0.25) is 0 Å². The van der Waals surface area contributed by atoms with Crippen LogP contribution in [0.3, 0.4) is 0 Å². The van der Waals surface area contributed by atoms with Gasteiger partial charge in [-0.15, -0.1) is 0 Å². The van der Waals surface area contributed by atoms with E-state index in [1.54, 1.807) is 0 Å². The largest absolute Gasteiger partial charge is 0.493 e. The van der Waals surface area contributed by atoms with Crippen LogP contribution in [0.2, 0.25) is 0 Å². The van der Waals surface area contributed by atoms with Crippen molar-refractivity contribution >= 4 is 51.0 Å². The predicted molar refractivity (Wildman–Crippen MR) is 341 cm³/mol. The van der Waals surface area contributed by atoms with Crippen LogP contribution in [0.15, 0.2) is 250 Å². The fourth-order valence-corrected chi connectivity index (χ4v) is 12.5. The summed E-state index contributed by atoms with van der Waals surface area (Å²) >= 11 is 0. The maximum atomic E-state index is 6.32. The van der Waals surface area contributed by atoms with Crippen molar-refractivity contribution in [2.45, 2.75) is 64.7 Å². The average Bonchev–Trinajstić information content (AvgIpc) is 4.22. The van der Waals surface area contributed by atoms with Crippen molar-refractivity contribution < 1.29 is 4.74 Å². The minimum absolute atomic E-state index is 0.0359. The van der Waals surface area contributed by atoms with Crippen molar-refractivity contribution in [1.29, 1.82) is 0 Å². The summed E-state index contributed by atoms with van der Waals surface area (Å²) in [6.07, 6.45) is 6.91. The van der Waals surface area contributed by atoms with E-state index in [4.69, 9.17) is 4.74 Å². The molecule has 0 saturated carbocycles. The van der Waals surface area contributed by atoms with E-state index in [9.17, 15) is 0 Å². The molecule has 10 aromatic carbocycles. The molecule has 394 valence electrons. The number of aromatic nitrogens is 1. The van der Waals surface area contributed by atoms with E-state index < -0.39 is 0 Å². The molecule has 0 N–H and O–H groups in total. The molecule has 3 unspecified atom stereocenters. The molecule has 1 aliphatic rings. The van der Waals surface area contributed by atoms with E-state index >= 15 is 0 Å². The van der Waals surface area contributed by atoms with Gasteiger partial charge in [0.2, 0.25) is 0 Å². The molecule has 0 bridgehead atoms. The lowest BCUT2D eigenvalue weighted by Gasteiger charge is -2.37. The summed E-state index contributed by atoms with van der Waals surface area (Å²) in [6, 6.07) is 87.6. The van der Waals surface area contributed by atoms with Gasteiger partial charge in [-0.05, 0) is 182 Å². The summed E-state index contributed by atoms with van der Waals surface area (Å²) in [6.45, 7) is 20.3. The molecule has 0 spiro atoms. The predicted octanol–water partition coefficient (Wildman–Crippen LogP) is 21.0. The number of rotatable bonds is 17. The molecule has 3 atom stereocenters. The van der Waals surface area contributed by atoms with Crippen LogP contribution >= 0.6 is 0 Å². The lowest BCUT2D eigenvalue weighted by Crippen LogP contribution is -2.30. The third-order valence-electron chi connectivity index (χ3n) is 16.8. The van der Waals surface area contributed by atoms with Crippen LogP contribution in [0, 0.1) is 11.8 Å². The van der Waals surface area contributed by atoms with E-state index in [2.05, 4.69) is 282 Å². The third-order valence-corrected chi connectivity index (χ3v) is 16.8. The quantitative estimate of drug-likeness (QED) is 0.0904. The van der Waals surface area contributed by atoms with E-state index in [-0.39, 0.29) is 10.8 Å². The van der Waals surface area contributed by atoms with Crippen molar-refractivity contribution in [1.82, 2.24) is 4.57 Å². The molecule has 12 rings (SSSR count). The minimum atomic E-state index is -0.379. The summed E-state index contributed by atoms with van der Waals surface area (Å²) in [5.41, 5.74) is 21.5. The van der Waals surface area contributed by atoms with Gasteiger partial charge in [0.15, 0.2) is 0 Å². The molecule has 3 heteroatoms. The Morgan fingerprint density at radius 2 is 1.00 bits per heavy atom. The fraction of sp³-hybridized carbons (Fsp3) is 0.169. The van der Waals surface area contributed by atoms with Crippen molar-refractivity contribution in [3.63, 3.8) is 0 Å². The Morgan fingerprint density at radius 1 is 0.487 bits per heavy atom. The van der Waals surface area contributed by atoms with Crippen LogP contribution in [0.5, 0.6) is 5.75 Å². The first-order chi connectivity index (χ1) is 39.0. The number of benzene rings is 10. The van der Waals surface area contributed by atoms with Crippen LogP contribution < -0.4 is 9.64 Å². The molecular formula is C77H70N2O. The maximum absolute atomic E-state index is 6.32. The summed E-state index contributed by atoms with van der Waals surface area (Å²) in [5, 5.41) is 2.45. The van der Waals surface area contributed by atoms with Gasteiger partial charge in [-0.25, -0.2) is 0 Å². The first-order valence-electron chi connectivity index (χ1n) is 28.5. The number of hydrogen-bond acceptors (Lipinski definition) is 2. The highest BCUT2D eigenvalue weighted by Crippen LogP contribution is 2.57. The van der Waals surface area contributed by atoms with Crippen LogP contribution in [0.4, 0.5) is 17.1 Å². The number of fused-ring (bicyclic) bond motifs is 6. The second-order valence-electron chi connectivity index (χ2n) is 23.3. The Hall–Kier alpha value is -8.92. The molecule has 80 heavy (non-hydrogen) atoms. The number of nitrogens with zero attached hydrogens (tertiary/aromatic N) is 2. The minimum Gasteiger partial charge on any atom is -0.493 e. The van der Waals surface area contributed by atoms with E-state index in [0.29, 0.717) is 18.4 Å². The lowest BCUT2D eigenvalue weighted by molar-refractivity contribution is 0.240. The molecule has 0 amide bonds. The zero-order valence-electron chi connectivity index (χ0n) is 46.9. The highest BCUT2D eigenvalue weighted by atomic mass is 16.5. The third kappa shape index (κ3) is 9.87. The molecule has 1 heterocycles. The number of para-hydroxylation sites is 2. The first kappa shape index (κ1) is 51.8. The second kappa shape index (κ2) is 21.7. The van der Waals surface area contributed by atoms with Crippen LogP contribution in [-0.4, -0.2) is 11.2 Å². The number of ether oxygens (including phenoxy) is 1. The van der Waals surface area contributed by atoms with Crippen molar-refractivity contribution in [2.24, 2.45) is 11.8 Å². The Balaban J connectivity index is 0.918. The van der Waals surface area contributed by atoms with Gasteiger partial charge in [-0.1, -0.05) is 218 Å². The molecule has 3 nitrogen and oxygen atoms in total. The Kier molecular flexibility index (Phi) is 14.1. The molecule has 0 saturated heterocycles. The number of anilines is 3. The van der Waals surface area contributed by atoms with E-state index in [1.807, 2.05) is 24.3 Å². The molecule has 0 radical (unpaired) electrons. The summed E-state index contributed by atoms with van der Waals surface area (Å²) in [7, 11) is 0. The first-order valence-corrected chi connectivity index (χ1v) is 28.5. The summed E-state index contributed by atoms with van der Waals surface area (Å²) in [4.78, 5) is 2.44. The standard InChI is InChI=1S/C77H70N2O/c1-8-55-26-30-57(31-27-55)59-34-46-74-70(48-59)71-49-60(35-47-75(71)79(74)64-20-14-11-15-21-64)58-32-40-65(41-33-58)78(63-18-12-10-13-19-63)66-42-45-69-68-22-16-17-23-72(68)77(73(69)50-66,62-38-36-61(37-39-62)76(5,6)7)51-53(3)24-25-54(4)52-80-67-43-28-56(9-2)29-44-67/h8-23,26-50,53-54H,1-2,24-25,51-52H2,3-7H3. The van der Waals surface area contributed by atoms with Crippen molar-refractivity contribution in [3.05, 3.63) is 283 Å². The topological polar surface area (TPSA) is 17.4 Å². The highest BCUT2D eigenvalue weighted by Gasteiger charge is 2.46. The smallest absolute Gasteiger partial charge is 0.119 e. The SMILES string of the molecule is C=Cc1ccc(OCC(C)CCC(C)CC2(c3ccc(C(C)(C)C)cc3)c3ccccc3-c3ccc(N(c4ccccc4)c4ccc(-c5ccc6c(c5)c5cc(-c7ccc(C=C)cc7)ccc5n6-c5ccccc5)cc4)cc32)cc1. The zero-order valence-corrected chi connectivity index (χ0v) is 46.9. The number of hydrogen-bond donors (Lipinski definition) is 0. The molecule has 0 fully saturated rings. The van der Waals surface area contributed by atoms with Crippen LogP contribution in [0.25, 0.3) is 73.0 Å². The molecule has 0 aliphatic heterocycles. The van der Waals surface area contributed by atoms with E-state index in [1.165, 1.54) is 77.4 Å². The lowest BCUT2D eigenvalue weighted by atomic mass is 9.66. The van der Waals surface area contributed by atoms with Crippen LogP contribution in [0.1, 0.15) is 87.3 Å². The van der Waals surface area contributed by atoms with Crippen LogP contribution in [-0.2, 0) is 10.8 Å². The van der Waals surface area contributed by atoms with Crippen molar-refractivity contribution in [2.75, 3.05) is 11.5 Å². The van der Waals surface area contributed by atoms with E-state index in [0.717, 1.165) is 58.9 Å². The normalized spacial score (nSPS) is 14.6. The fourth-order valence-electron chi connectivity index (χ4n) is 12.5. The molecule has 11 aromatic rings. The summed E-state index contributed by atoms with van der Waals surface area (Å²) < 4.78 is 8.71.